The predicted octanol–water partition coefficient (Wildman–Crippen LogP) is -15.4. The Labute approximate surface area is 277 Å². The summed E-state index contributed by atoms with van der Waals surface area (Å²) in [5, 5.41) is 9.70. The van der Waals surface area contributed by atoms with Gasteiger partial charge in [-0.05, 0) is 0 Å². The molecule has 1 fully saturated rings. The normalized spacial score (nSPS) is 26.5. The van der Waals surface area contributed by atoms with Crippen LogP contribution in [-0.2, 0) is 63.1 Å². The Kier molecular flexibility index (Phi) is 21.8. The van der Waals surface area contributed by atoms with Crippen molar-refractivity contribution in [1.82, 2.24) is 0 Å². The van der Waals surface area contributed by atoms with Crippen molar-refractivity contribution in [2.75, 3.05) is 6.61 Å². The van der Waals surface area contributed by atoms with E-state index >= 15 is 0 Å². The fourth-order valence-corrected chi connectivity index (χ4v) is 3.74. The van der Waals surface area contributed by atoms with Crippen molar-refractivity contribution in [3.05, 3.63) is 0 Å². The van der Waals surface area contributed by atoms with E-state index in [1.807, 2.05) is 0 Å². The molecule has 1 rings (SSSR count). The van der Waals surface area contributed by atoms with Gasteiger partial charge in [-0.2, -0.15) is 33.7 Å². The second kappa shape index (κ2) is 16.4. The van der Waals surface area contributed by atoms with Gasteiger partial charge in [0.1, 0.15) is 18.3 Å². The van der Waals surface area contributed by atoms with Gasteiger partial charge in [0, 0.05) is 0 Å². The van der Waals surface area contributed by atoms with Crippen LogP contribution in [0.5, 0.6) is 0 Å². The van der Waals surface area contributed by atoms with Crippen LogP contribution in [0.3, 0.4) is 0 Å². The summed E-state index contributed by atoms with van der Waals surface area (Å²) in [7, 11) is -21.8. The van der Waals surface area contributed by atoms with Gasteiger partial charge in [-0.3, -0.25) is 18.2 Å². The summed E-state index contributed by atoms with van der Waals surface area (Å²) in [5.74, 6) is 0. The van der Waals surface area contributed by atoms with E-state index in [-0.39, 0.29) is 124 Å². The van der Waals surface area contributed by atoms with E-state index < -0.39 is 78.9 Å². The zero-order valence-electron chi connectivity index (χ0n) is 20.8. The summed E-state index contributed by atoms with van der Waals surface area (Å²) in [4.78, 5) is 0. The predicted molar refractivity (Wildman–Crippen MR) is 82.1 cm³/mol. The van der Waals surface area contributed by atoms with Gasteiger partial charge >= 0.3 is 160 Å². The van der Waals surface area contributed by atoms with E-state index in [0.717, 1.165) is 0 Å². The molecule has 1 aliphatic rings. The summed E-state index contributed by atoms with van der Waals surface area (Å²) in [6.07, 6.45) is -12.8. The Hall–Kier alpha value is 3.40. The Balaban J connectivity index is -0.000000163. The molecule has 0 bridgehead atoms. The molecule has 1 aliphatic heterocycles. The maximum absolute atomic E-state index is 11.0. The van der Waals surface area contributed by atoms with Crippen molar-refractivity contribution in [3.63, 3.8) is 0 Å². The van der Waals surface area contributed by atoms with Gasteiger partial charge in [0.05, 0.1) is 6.61 Å². The fraction of sp³-hybridized carbons (Fsp3) is 1.00. The minimum atomic E-state index is -5.58. The van der Waals surface area contributed by atoms with Crippen molar-refractivity contribution in [3.8, 4) is 0 Å². The third-order valence-electron chi connectivity index (χ3n) is 2.69. The van der Waals surface area contributed by atoms with Crippen LogP contribution in [0.1, 0.15) is 5.71 Å². The van der Waals surface area contributed by atoms with Gasteiger partial charge in [-0.1, -0.05) is 0 Å². The summed E-state index contributed by atoms with van der Waals surface area (Å²) in [5.41, 5.74) is 0. The minimum Gasteiger partial charge on any atom is -1.00 e. The van der Waals surface area contributed by atoms with Crippen LogP contribution in [0.15, 0.2) is 0 Å². The molecular formula is C6H16Na4O18S4. The molecule has 0 amide bonds. The molecule has 0 saturated carbocycles. The molecule has 176 valence electrons. The summed E-state index contributed by atoms with van der Waals surface area (Å²) in [6.45, 7) is -1.42. The SMILES string of the molecule is O=S(=O)(O)OC[C@H]1O[C@H](O)[C@@H](OS(=O)(=O)O)[C@@H](OS(=O)(=O)O)[C@@H]1OS(=O)(=O)O.[H-].[H-].[H-].[H-].[Na+].[Na+].[Na+].[Na+]. The molecule has 26 heteroatoms. The van der Waals surface area contributed by atoms with Crippen LogP contribution >= 0.6 is 0 Å². The molecule has 5 atom stereocenters. The Morgan fingerprint density at radius 1 is 0.625 bits per heavy atom. The third kappa shape index (κ3) is 17.8. The van der Waals surface area contributed by atoms with E-state index in [0.29, 0.717) is 0 Å². The summed E-state index contributed by atoms with van der Waals surface area (Å²) >= 11 is 0. The van der Waals surface area contributed by atoms with Crippen LogP contribution in [0.4, 0.5) is 0 Å². The first-order valence-electron chi connectivity index (χ1n) is 6.20. The number of aliphatic hydroxyl groups is 1. The first-order valence-corrected chi connectivity index (χ1v) is 11.7. The van der Waals surface area contributed by atoms with E-state index in [1.54, 1.807) is 0 Å². The van der Waals surface area contributed by atoms with Gasteiger partial charge in [-0.25, -0.2) is 16.7 Å². The van der Waals surface area contributed by atoms with Crippen molar-refractivity contribution >= 4 is 41.6 Å². The largest absolute Gasteiger partial charge is 1.00 e. The minimum absolute atomic E-state index is 0. The van der Waals surface area contributed by atoms with Crippen LogP contribution < -0.4 is 118 Å². The molecule has 1 heterocycles. The Bertz CT molecular complexity index is 995. The molecule has 0 aromatic carbocycles. The first-order chi connectivity index (χ1) is 12.3. The quantitative estimate of drug-likeness (QED) is 0.122. The maximum Gasteiger partial charge on any atom is 1.00 e. The Morgan fingerprint density at radius 3 is 1.31 bits per heavy atom. The third-order valence-corrected chi connectivity index (χ3v) is 4.52. The first kappa shape index (κ1) is 42.5. The van der Waals surface area contributed by atoms with Crippen LogP contribution in [0.2, 0.25) is 0 Å². The summed E-state index contributed by atoms with van der Waals surface area (Å²) in [6, 6.07) is 0. The molecule has 0 aromatic rings. The number of aliphatic hydroxyl groups excluding tert-OH is 1. The average Bonchev–Trinajstić information content (AvgIpc) is 2.39. The molecule has 0 spiro atoms. The second-order valence-electron chi connectivity index (χ2n) is 4.74. The number of hydrogen-bond donors (Lipinski definition) is 5. The van der Waals surface area contributed by atoms with Gasteiger partial charge in [0.2, 0.25) is 0 Å². The molecular weight excluding hydrogens is 580 g/mol. The molecule has 5 N–H and O–H groups in total. The topological polar surface area (TPSA) is 284 Å². The van der Waals surface area contributed by atoms with Gasteiger partial charge < -0.3 is 15.5 Å². The van der Waals surface area contributed by atoms with E-state index in [9.17, 15) is 38.8 Å². The van der Waals surface area contributed by atoms with Crippen LogP contribution in [-0.4, -0.2) is 94.3 Å². The molecule has 0 aromatic heterocycles. The molecule has 0 unspecified atom stereocenters. The van der Waals surface area contributed by atoms with E-state index in [2.05, 4.69) is 21.5 Å². The molecule has 1 saturated heterocycles. The number of rotatable bonds is 9. The average molecular weight is 596 g/mol. The Morgan fingerprint density at radius 2 is 0.969 bits per heavy atom. The smallest absolute Gasteiger partial charge is 1.00 e. The van der Waals surface area contributed by atoms with Crippen molar-refractivity contribution in [2.24, 2.45) is 0 Å². The second-order valence-corrected chi connectivity index (χ2v) is 8.98. The number of ether oxygens (including phenoxy) is 1. The van der Waals surface area contributed by atoms with Gasteiger partial charge in [0.25, 0.3) is 0 Å². The zero-order chi connectivity index (χ0) is 22.1. The number of hydrogen-bond acceptors (Lipinski definition) is 14. The fourth-order valence-electron chi connectivity index (χ4n) is 1.93. The summed E-state index contributed by atoms with van der Waals surface area (Å²) < 4.78 is 142. The molecule has 0 radical (unpaired) electrons. The standard InChI is InChI=1S/C6H12O18S4.4Na.4H/c7-6-5(24-28(17,18)19)4(23-27(14,15)16)3(22-26(11,12)13)2(21-6)1-20-25(8,9)10;;;;;;;;/h2-7H,1H2,(H,8,9,10)(H,11,12,13)(H,14,15,16)(H,17,18,19);;;;;;;;/q;4*+1;4*-1/t2-,3-,4+,5+,6+;;;;;;;;/m1......../s1. The zero-order valence-corrected chi connectivity index (χ0v) is 28.0. The van der Waals surface area contributed by atoms with Crippen LogP contribution in [0.25, 0.3) is 0 Å². The van der Waals surface area contributed by atoms with Crippen molar-refractivity contribution in [2.45, 2.75) is 30.7 Å². The maximum atomic E-state index is 11.0. The molecule has 32 heavy (non-hydrogen) atoms. The molecule has 0 aliphatic carbocycles. The van der Waals surface area contributed by atoms with Crippen molar-refractivity contribution in [1.29, 1.82) is 0 Å². The van der Waals surface area contributed by atoms with E-state index in [1.165, 1.54) is 0 Å². The van der Waals surface area contributed by atoms with Gasteiger partial charge in [-0.15, -0.1) is 0 Å². The molecule has 18 nitrogen and oxygen atoms in total. The van der Waals surface area contributed by atoms with Gasteiger partial charge in [0.15, 0.2) is 12.4 Å². The monoisotopic (exact) mass is 596 g/mol. The van der Waals surface area contributed by atoms with Crippen LogP contribution in [0, 0.1) is 0 Å². The van der Waals surface area contributed by atoms with E-state index in [4.69, 9.17) is 18.2 Å². The van der Waals surface area contributed by atoms with Crippen molar-refractivity contribution < 1.29 is 202 Å².